The van der Waals surface area contributed by atoms with Gasteiger partial charge in [0.15, 0.2) is 0 Å². The van der Waals surface area contributed by atoms with Crippen LogP contribution in [0.15, 0.2) is 10.9 Å². The number of aromatic nitrogens is 1. The van der Waals surface area contributed by atoms with Crippen LogP contribution < -0.4 is 0 Å². The van der Waals surface area contributed by atoms with Gasteiger partial charge in [-0.2, -0.15) is 0 Å². The molecule has 1 aliphatic heterocycles. The van der Waals surface area contributed by atoms with Crippen LogP contribution in [0.3, 0.4) is 0 Å². The molecule has 94 valence electrons. The highest BCUT2D eigenvalue weighted by molar-refractivity contribution is 7.07. The summed E-state index contributed by atoms with van der Waals surface area (Å²) in [7, 11) is 1.94. The van der Waals surface area contributed by atoms with Gasteiger partial charge in [0.2, 0.25) is 5.91 Å². The van der Waals surface area contributed by atoms with Gasteiger partial charge in [0.05, 0.1) is 31.0 Å². The lowest BCUT2D eigenvalue weighted by Crippen LogP contribution is -2.44. The van der Waals surface area contributed by atoms with Crippen molar-refractivity contribution in [1.82, 2.24) is 14.8 Å². The van der Waals surface area contributed by atoms with Crippen LogP contribution in [0.5, 0.6) is 0 Å². The summed E-state index contributed by atoms with van der Waals surface area (Å²) in [4.78, 5) is 20.0. The Morgan fingerprint density at radius 2 is 2.35 bits per heavy atom. The minimum Gasteiger partial charge on any atom is -0.378 e. The average molecular weight is 255 g/mol. The lowest BCUT2D eigenvalue weighted by atomic mass is 10.3. The molecule has 0 unspecified atom stereocenters. The first kappa shape index (κ1) is 12.5. The Morgan fingerprint density at radius 3 is 3.00 bits per heavy atom. The first-order valence-electron chi connectivity index (χ1n) is 5.67. The van der Waals surface area contributed by atoms with Gasteiger partial charge in [0.25, 0.3) is 0 Å². The Kier molecular flexibility index (Phi) is 4.47. The van der Waals surface area contributed by atoms with Crippen LogP contribution in [0, 0.1) is 0 Å². The van der Waals surface area contributed by atoms with Crippen molar-refractivity contribution in [2.45, 2.75) is 6.54 Å². The van der Waals surface area contributed by atoms with E-state index in [9.17, 15) is 4.79 Å². The molecule has 0 saturated carbocycles. The van der Waals surface area contributed by atoms with Gasteiger partial charge in [-0.05, 0) is 7.05 Å². The number of likely N-dealkylation sites (N-methyl/N-ethyl adjacent to an activating group) is 1. The van der Waals surface area contributed by atoms with Gasteiger partial charge in [0.1, 0.15) is 0 Å². The molecule has 5 nitrogen and oxygen atoms in total. The minimum atomic E-state index is 0.172. The van der Waals surface area contributed by atoms with Crippen LogP contribution in [-0.4, -0.2) is 60.6 Å². The van der Waals surface area contributed by atoms with E-state index in [1.54, 1.807) is 11.3 Å². The van der Waals surface area contributed by atoms with Crippen LogP contribution in [0.2, 0.25) is 0 Å². The fraction of sp³-hybridized carbons (Fsp3) is 0.636. The second kappa shape index (κ2) is 6.09. The van der Waals surface area contributed by atoms with E-state index in [0.717, 1.165) is 12.2 Å². The molecule has 1 aromatic heterocycles. The highest BCUT2D eigenvalue weighted by Gasteiger charge is 2.18. The van der Waals surface area contributed by atoms with E-state index in [4.69, 9.17) is 4.74 Å². The molecule has 17 heavy (non-hydrogen) atoms. The van der Waals surface area contributed by atoms with Gasteiger partial charge in [0, 0.05) is 25.0 Å². The normalized spacial score (nSPS) is 16.5. The highest BCUT2D eigenvalue weighted by Crippen LogP contribution is 2.05. The maximum Gasteiger partial charge on any atom is 0.236 e. The summed E-state index contributed by atoms with van der Waals surface area (Å²) >= 11 is 1.58. The Bertz CT molecular complexity index is 350. The van der Waals surface area contributed by atoms with Gasteiger partial charge in [-0.1, -0.05) is 0 Å². The van der Waals surface area contributed by atoms with E-state index in [1.807, 2.05) is 27.7 Å². The largest absolute Gasteiger partial charge is 0.378 e. The van der Waals surface area contributed by atoms with E-state index in [-0.39, 0.29) is 5.91 Å². The second-order valence-electron chi connectivity index (χ2n) is 4.15. The average Bonchev–Trinajstić information content (AvgIpc) is 2.82. The molecule has 0 spiro atoms. The van der Waals surface area contributed by atoms with Crippen molar-refractivity contribution >= 4 is 17.2 Å². The molecule has 1 amide bonds. The quantitative estimate of drug-likeness (QED) is 0.783. The van der Waals surface area contributed by atoms with Crippen LogP contribution in [0.25, 0.3) is 0 Å². The molecule has 2 heterocycles. The third-order valence-corrected chi connectivity index (χ3v) is 3.32. The lowest BCUT2D eigenvalue weighted by Gasteiger charge is -2.28. The SMILES string of the molecule is CN(CC(=O)N1CCOCC1)Cc1cscn1. The maximum absolute atomic E-state index is 11.9. The number of carbonyl (C=O) groups is 1. The Labute approximate surface area is 105 Å². The first-order valence-corrected chi connectivity index (χ1v) is 6.61. The fourth-order valence-corrected chi connectivity index (χ4v) is 2.34. The number of carbonyl (C=O) groups excluding carboxylic acids is 1. The zero-order valence-electron chi connectivity index (χ0n) is 9.96. The zero-order valence-corrected chi connectivity index (χ0v) is 10.8. The first-order chi connectivity index (χ1) is 8.25. The van der Waals surface area contributed by atoms with Crippen molar-refractivity contribution in [2.75, 3.05) is 39.9 Å². The van der Waals surface area contributed by atoms with Crippen LogP contribution >= 0.6 is 11.3 Å². The molecule has 1 saturated heterocycles. The molecule has 0 atom stereocenters. The molecule has 2 rings (SSSR count). The molecule has 0 aliphatic carbocycles. The summed E-state index contributed by atoms with van der Waals surface area (Å²) in [6.45, 7) is 3.90. The Balaban J connectivity index is 1.77. The monoisotopic (exact) mass is 255 g/mol. The summed E-state index contributed by atoms with van der Waals surface area (Å²) in [5.41, 5.74) is 2.83. The van der Waals surface area contributed by atoms with Gasteiger partial charge in [-0.25, -0.2) is 4.98 Å². The zero-order chi connectivity index (χ0) is 12.1. The molecular weight excluding hydrogens is 238 g/mol. The van der Waals surface area contributed by atoms with E-state index in [0.29, 0.717) is 32.8 Å². The van der Waals surface area contributed by atoms with Gasteiger partial charge in [-0.15, -0.1) is 11.3 Å². The summed E-state index contributed by atoms with van der Waals surface area (Å²) < 4.78 is 5.22. The summed E-state index contributed by atoms with van der Waals surface area (Å²) in [6, 6.07) is 0. The number of morpholine rings is 1. The molecule has 0 bridgehead atoms. The smallest absolute Gasteiger partial charge is 0.236 e. The van der Waals surface area contributed by atoms with Crippen molar-refractivity contribution in [3.63, 3.8) is 0 Å². The van der Waals surface area contributed by atoms with Crippen LogP contribution in [0.1, 0.15) is 5.69 Å². The summed E-state index contributed by atoms with van der Waals surface area (Å²) in [5.74, 6) is 0.172. The third kappa shape index (κ3) is 3.76. The molecular formula is C11H17N3O2S. The van der Waals surface area contributed by atoms with Crippen LogP contribution in [0.4, 0.5) is 0 Å². The molecule has 6 heteroatoms. The Morgan fingerprint density at radius 1 is 1.59 bits per heavy atom. The predicted octanol–water partition coefficient (Wildman–Crippen LogP) is 0.434. The van der Waals surface area contributed by atoms with Crippen molar-refractivity contribution in [1.29, 1.82) is 0 Å². The van der Waals surface area contributed by atoms with Gasteiger partial charge >= 0.3 is 0 Å². The fourth-order valence-electron chi connectivity index (χ4n) is 1.79. The van der Waals surface area contributed by atoms with E-state index in [1.165, 1.54) is 0 Å². The lowest BCUT2D eigenvalue weighted by molar-refractivity contribution is -0.136. The predicted molar refractivity (Wildman–Crippen MR) is 65.8 cm³/mol. The van der Waals surface area contributed by atoms with E-state index >= 15 is 0 Å². The van der Waals surface area contributed by atoms with Crippen LogP contribution in [-0.2, 0) is 16.1 Å². The molecule has 1 fully saturated rings. The standard InChI is InChI=1S/C11H17N3O2S/c1-13(6-10-8-17-9-12-10)7-11(15)14-2-4-16-5-3-14/h8-9H,2-7H2,1H3. The number of hydrogen-bond acceptors (Lipinski definition) is 5. The maximum atomic E-state index is 11.9. The molecule has 0 N–H and O–H groups in total. The number of rotatable bonds is 4. The summed E-state index contributed by atoms with van der Waals surface area (Å²) in [6.07, 6.45) is 0. The molecule has 1 aromatic rings. The number of hydrogen-bond donors (Lipinski definition) is 0. The van der Waals surface area contributed by atoms with Gasteiger partial charge < -0.3 is 9.64 Å². The minimum absolute atomic E-state index is 0.172. The van der Waals surface area contributed by atoms with Gasteiger partial charge in [-0.3, -0.25) is 9.69 Å². The topological polar surface area (TPSA) is 45.7 Å². The molecule has 0 radical (unpaired) electrons. The number of ether oxygens (including phenoxy) is 1. The number of amides is 1. The number of nitrogens with zero attached hydrogens (tertiary/aromatic N) is 3. The van der Waals surface area contributed by atoms with Crippen molar-refractivity contribution in [3.05, 3.63) is 16.6 Å². The number of thiazole rings is 1. The summed E-state index contributed by atoms with van der Waals surface area (Å²) in [5, 5.41) is 2.01. The second-order valence-corrected chi connectivity index (χ2v) is 4.86. The highest BCUT2D eigenvalue weighted by atomic mass is 32.1. The molecule has 1 aliphatic rings. The molecule has 0 aromatic carbocycles. The van der Waals surface area contributed by atoms with E-state index < -0.39 is 0 Å². The van der Waals surface area contributed by atoms with Crippen molar-refractivity contribution < 1.29 is 9.53 Å². The third-order valence-electron chi connectivity index (χ3n) is 2.68. The van der Waals surface area contributed by atoms with Crippen molar-refractivity contribution in [2.24, 2.45) is 0 Å². The van der Waals surface area contributed by atoms with E-state index in [2.05, 4.69) is 4.98 Å². The van der Waals surface area contributed by atoms with Crippen molar-refractivity contribution in [3.8, 4) is 0 Å². The Hall–Kier alpha value is -0.980.